The predicted molar refractivity (Wildman–Crippen MR) is 69.2 cm³/mol. The zero-order valence-electron chi connectivity index (χ0n) is 9.98. The Morgan fingerprint density at radius 2 is 2.24 bits per heavy atom. The van der Waals surface area contributed by atoms with Gasteiger partial charge in [-0.05, 0) is 43.5 Å². The van der Waals surface area contributed by atoms with Crippen LogP contribution in [0, 0.1) is 0 Å². The van der Waals surface area contributed by atoms with Gasteiger partial charge in [0.25, 0.3) is 0 Å². The molecule has 1 rings (SSSR count). The number of hydrogen-bond acceptors (Lipinski definition) is 2. The second-order valence-electron chi connectivity index (χ2n) is 3.97. The van der Waals surface area contributed by atoms with Gasteiger partial charge in [-0.1, -0.05) is 18.2 Å². The summed E-state index contributed by atoms with van der Waals surface area (Å²) < 4.78 is 0. The molecule has 0 aliphatic rings. The maximum atomic E-state index is 10.8. The quantitative estimate of drug-likeness (QED) is 0.536. The maximum Gasteiger partial charge on any atom is 0.335 e. The first-order chi connectivity index (χ1) is 8.24. The Balaban J connectivity index is 2.29. The topological polar surface area (TPSA) is 49.3 Å². The minimum atomic E-state index is -0.877. The molecular formula is C14H19NO2. The van der Waals surface area contributed by atoms with Gasteiger partial charge in [-0.15, -0.1) is 6.58 Å². The van der Waals surface area contributed by atoms with E-state index in [4.69, 9.17) is 5.11 Å². The number of allylic oxidation sites excluding steroid dienone is 1. The van der Waals surface area contributed by atoms with Crippen LogP contribution < -0.4 is 5.32 Å². The number of hydrogen-bond donors (Lipinski definition) is 2. The highest BCUT2D eigenvalue weighted by Gasteiger charge is 2.02. The van der Waals surface area contributed by atoms with Crippen LogP contribution in [0.15, 0.2) is 36.9 Å². The van der Waals surface area contributed by atoms with Crippen molar-refractivity contribution in [3.8, 4) is 0 Å². The van der Waals surface area contributed by atoms with Crippen molar-refractivity contribution in [2.24, 2.45) is 0 Å². The molecule has 3 heteroatoms. The third kappa shape index (κ3) is 5.31. The lowest BCUT2D eigenvalue weighted by Crippen LogP contribution is -2.14. The largest absolute Gasteiger partial charge is 0.478 e. The molecule has 0 aliphatic heterocycles. The highest BCUT2D eigenvalue weighted by Crippen LogP contribution is 2.05. The molecule has 0 radical (unpaired) electrons. The van der Waals surface area contributed by atoms with E-state index in [1.807, 2.05) is 12.1 Å². The van der Waals surface area contributed by atoms with Gasteiger partial charge in [0.1, 0.15) is 0 Å². The van der Waals surface area contributed by atoms with Crippen LogP contribution in [0.3, 0.4) is 0 Å². The molecule has 17 heavy (non-hydrogen) atoms. The second-order valence-corrected chi connectivity index (χ2v) is 3.97. The Labute approximate surface area is 102 Å². The lowest BCUT2D eigenvalue weighted by Gasteiger charge is -2.05. The Bertz CT molecular complexity index is 374. The highest BCUT2D eigenvalue weighted by molar-refractivity contribution is 5.87. The number of benzene rings is 1. The Morgan fingerprint density at radius 3 is 2.94 bits per heavy atom. The Kier molecular flexibility index (Phi) is 6.04. The molecule has 1 aromatic rings. The SMILES string of the molecule is C=CCCCCNCc1cccc(C(=O)O)c1. The van der Waals surface area contributed by atoms with Gasteiger partial charge in [-0.25, -0.2) is 4.79 Å². The zero-order valence-corrected chi connectivity index (χ0v) is 9.98. The fourth-order valence-electron chi connectivity index (χ4n) is 1.59. The van der Waals surface area contributed by atoms with Gasteiger partial charge in [0.2, 0.25) is 0 Å². The zero-order chi connectivity index (χ0) is 12.5. The molecule has 2 N–H and O–H groups in total. The summed E-state index contributed by atoms with van der Waals surface area (Å²) in [7, 11) is 0. The molecule has 0 fully saturated rings. The molecule has 1 aromatic carbocycles. The van der Waals surface area contributed by atoms with E-state index in [2.05, 4.69) is 11.9 Å². The number of rotatable bonds is 8. The molecule has 0 bridgehead atoms. The first kappa shape index (κ1) is 13.5. The lowest BCUT2D eigenvalue weighted by molar-refractivity contribution is 0.0696. The smallest absolute Gasteiger partial charge is 0.335 e. The fourth-order valence-corrected chi connectivity index (χ4v) is 1.59. The van der Waals surface area contributed by atoms with Crippen molar-refractivity contribution in [2.75, 3.05) is 6.54 Å². The van der Waals surface area contributed by atoms with Gasteiger partial charge >= 0.3 is 5.97 Å². The average Bonchev–Trinajstić information content (AvgIpc) is 2.34. The van der Waals surface area contributed by atoms with Crippen molar-refractivity contribution >= 4 is 5.97 Å². The highest BCUT2D eigenvalue weighted by atomic mass is 16.4. The van der Waals surface area contributed by atoms with E-state index in [0.717, 1.165) is 37.9 Å². The van der Waals surface area contributed by atoms with Gasteiger partial charge in [-0.3, -0.25) is 0 Å². The molecule has 92 valence electrons. The molecule has 0 heterocycles. The van der Waals surface area contributed by atoms with E-state index in [1.54, 1.807) is 18.2 Å². The molecule has 0 amide bonds. The number of carbonyl (C=O) groups is 1. The van der Waals surface area contributed by atoms with Gasteiger partial charge < -0.3 is 10.4 Å². The van der Waals surface area contributed by atoms with E-state index < -0.39 is 5.97 Å². The van der Waals surface area contributed by atoms with E-state index >= 15 is 0 Å². The predicted octanol–water partition coefficient (Wildman–Crippen LogP) is 2.83. The third-order valence-electron chi connectivity index (χ3n) is 2.51. The summed E-state index contributed by atoms with van der Waals surface area (Å²) in [5, 5.41) is 12.1. The molecule has 3 nitrogen and oxygen atoms in total. The standard InChI is InChI=1S/C14H19NO2/c1-2-3-4-5-9-15-11-12-7-6-8-13(10-12)14(16)17/h2,6-8,10,15H,1,3-5,9,11H2,(H,16,17). The van der Waals surface area contributed by atoms with Crippen molar-refractivity contribution in [1.29, 1.82) is 0 Å². The van der Waals surface area contributed by atoms with E-state index in [9.17, 15) is 4.79 Å². The first-order valence-corrected chi connectivity index (χ1v) is 5.88. The van der Waals surface area contributed by atoms with Gasteiger partial charge in [0, 0.05) is 6.54 Å². The van der Waals surface area contributed by atoms with Crippen molar-refractivity contribution in [2.45, 2.75) is 25.8 Å². The number of carboxylic acids is 1. The van der Waals surface area contributed by atoms with Crippen molar-refractivity contribution in [1.82, 2.24) is 5.32 Å². The van der Waals surface area contributed by atoms with Crippen LogP contribution in [0.2, 0.25) is 0 Å². The molecule has 0 spiro atoms. The summed E-state index contributed by atoms with van der Waals surface area (Å²) in [6, 6.07) is 7.02. The summed E-state index contributed by atoms with van der Waals surface area (Å²) >= 11 is 0. The van der Waals surface area contributed by atoms with E-state index in [0.29, 0.717) is 5.56 Å². The summed E-state index contributed by atoms with van der Waals surface area (Å²) in [4.78, 5) is 10.8. The summed E-state index contributed by atoms with van der Waals surface area (Å²) in [5.41, 5.74) is 1.35. The Hall–Kier alpha value is -1.61. The first-order valence-electron chi connectivity index (χ1n) is 5.88. The van der Waals surface area contributed by atoms with E-state index in [-0.39, 0.29) is 0 Å². The van der Waals surface area contributed by atoms with Crippen LogP contribution in [0.4, 0.5) is 0 Å². The fraction of sp³-hybridized carbons (Fsp3) is 0.357. The van der Waals surface area contributed by atoms with Crippen LogP contribution in [-0.4, -0.2) is 17.6 Å². The number of carboxylic acid groups (broad SMARTS) is 1. The van der Waals surface area contributed by atoms with Gasteiger partial charge in [0.15, 0.2) is 0 Å². The van der Waals surface area contributed by atoms with Gasteiger partial charge in [0.05, 0.1) is 5.56 Å². The number of aromatic carboxylic acids is 1. The van der Waals surface area contributed by atoms with Crippen LogP contribution in [0.5, 0.6) is 0 Å². The molecule has 0 atom stereocenters. The minimum Gasteiger partial charge on any atom is -0.478 e. The van der Waals surface area contributed by atoms with Crippen molar-refractivity contribution in [3.63, 3.8) is 0 Å². The maximum absolute atomic E-state index is 10.8. The Morgan fingerprint density at radius 1 is 1.41 bits per heavy atom. The second kappa shape index (κ2) is 7.63. The van der Waals surface area contributed by atoms with Crippen molar-refractivity contribution < 1.29 is 9.90 Å². The molecular weight excluding hydrogens is 214 g/mol. The monoisotopic (exact) mass is 233 g/mol. The molecule has 0 saturated carbocycles. The number of unbranched alkanes of at least 4 members (excludes halogenated alkanes) is 2. The molecule has 0 aromatic heterocycles. The van der Waals surface area contributed by atoms with Crippen LogP contribution in [0.1, 0.15) is 35.2 Å². The van der Waals surface area contributed by atoms with Crippen molar-refractivity contribution in [3.05, 3.63) is 48.0 Å². The minimum absolute atomic E-state index is 0.343. The van der Waals surface area contributed by atoms with Crippen LogP contribution in [-0.2, 0) is 6.54 Å². The van der Waals surface area contributed by atoms with Crippen LogP contribution in [0.25, 0.3) is 0 Å². The summed E-state index contributed by atoms with van der Waals surface area (Å²) in [6.07, 6.45) is 5.24. The summed E-state index contributed by atoms with van der Waals surface area (Å²) in [6.45, 7) is 5.34. The normalized spacial score (nSPS) is 10.1. The molecule has 0 unspecified atom stereocenters. The van der Waals surface area contributed by atoms with Gasteiger partial charge in [-0.2, -0.15) is 0 Å². The molecule has 0 saturated heterocycles. The van der Waals surface area contributed by atoms with Crippen LogP contribution >= 0.6 is 0 Å². The lowest BCUT2D eigenvalue weighted by atomic mass is 10.1. The third-order valence-corrected chi connectivity index (χ3v) is 2.51. The summed E-state index contributed by atoms with van der Waals surface area (Å²) in [5.74, 6) is -0.877. The number of nitrogens with one attached hydrogen (secondary N) is 1. The van der Waals surface area contributed by atoms with E-state index in [1.165, 1.54) is 0 Å². The molecule has 0 aliphatic carbocycles. The average molecular weight is 233 g/mol.